The van der Waals surface area contributed by atoms with Crippen molar-refractivity contribution in [2.75, 3.05) is 0 Å². The van der Waals surface area contributed by atoms with Crippen molar-refractivity contribution in [3.8, 4) is 0 Å². The van der Waals surface area contributed by atoms with Gasteiger partial charge in [-0.05, 0) is 6.92 Å². The second kappa shape index (κ2) is 2.77. The van der Waals surface area contributed by atoms with Crippen LogP contribution in [0.1, 0.15) is 11.4 Å². The van der Waals surface area contributed by atoms with Gasteiger partial charge in [0.2, 0.25) is 0 Å². The summed E-state index contributed by atoms with van der Waals surface area (Å²) in [5.74, 6) is 0.0249. The van der Waals surface area contributed by atoms with E-state index >= 15 is 0 Å². The molecular weight excluding hydrogens is 173 g/mol. The Balaban J connectivity index is 2.76. The van der Waals surface area contributed by atoms with E-state index < -0.39 is 0 Å². The molecule has 0 aliphatic rings. The largest absolute Gasteiger partial charge is 0.388 e. The number of aromatic nitrogens is 3. The lowest BCUT2D eigenvalue weighted by Crippen LogP contribution is -1.86. The number of aryl methyl sites for hydroxylation is 1. The van der Waals surface area contributed by atoms with Crippen molar-refractivity contribution in [2.45, 2.75) is 13.5 Å². The highest BCUT2D eigenvalue weighted by molar-refractivity contribution is 5.74. The van der Waals surface area contributed by atoms with E-state index in [0.717, 1.165) is 6.20 Å². The third-order valence-corrected chi connectivity index (χ3v) is 1.92. The first-order valence-electron chi connectivity index (χ1n) is 3.83. The Kier molecular flexibility index (Phi) is 1.73. The lowest BCUT2D eigenvalue weighted by molar-refractivity contribution is 0.273. The van der Waals surface area contributed by atoms with E-state index in [2.05, 4.69) is 15.0 Å². The summed E-state index contributed by atoms with van der Waals surface area (Å²) in [5.41, 5.74) is 1.45. The Morgan fingerprint density at radius 2 is 2.38 bits per heavy atom. The van der Waals surface area contributed by atoms with Gasteiger partial charge in [-0.1, -0.05) is 0 Å². The fraction of sp³-hybridized carbons (Fsp3) is 0.250. The molecule has 0 radical (unpaired) electrons. The molecule has 68 valence electrons. The summed E-state index contributed by atoms with van der Waals surface area (Å²) >= 11 is 0. The van der Waals surface area contributed by atoms with Crippen molar-refractivity contribution in [1.29, 1.82) is 0 Å². The molecule has 2 N–H and O–H groups in total. The molecule has 5 heteroatoms. The van der Waals surface area contributed by atoms with Crippen molar-refractivity contribution >= 4 is 11.2 Å². The molecule has 13 heavy (non-hydrogen) atoms. The fourth-order valence-corrected chi connectivity index (χ4v) is 1.18. The summed E-state index contributed by atoms with van der Waals surface area (Å²) in [5, 5.41) is 8.78. The molecule has 0 spiro atoms. The highest BCUT2D eigenvalue weighted by atomic mass is 19.1. The third-order valence-electron chi connectivity index (χ3n) is 1.92. The molecule has 0 saturated heterocycles. The van der Waals surface area contributed by atoms with Crippen LogP contribution in [0.4, 0.5) is 4.39 Å². The van der Waals surface area contributed by atoms with E-state index in [1.54, 1.807) is 6.92 Å². The number of imidazole rings is 1. The van der Waals surface area contributed by atoms with Gasteiger partial charge >= 0.3 is 0 Å². The average Bonchev–Trinajstić information content (AvgIpc) is 2.55. The first-order valence-corrected chi connectivity index (χ1v) is 3.83. The maximum atomic E-state index is 13.0. The van der Waals surface area contributed by atoms with Gasteiger partial charge in [-0.3, -0.25) is 0 Å². The van der Waals surface area contributed by atoms with Crippen LogP contribution in [0, 0.1) is 12.7 Å². The molecule has 2 aromatic heterocycles. The van der Waals surface area contributed by atoms with Crippen molar-refractivity contribution in [1.82, 2.24) is 15.0 Å². The van der Waals surface area contributed by atoms with E-state index in [0.29, 0.717) is 22.6 Å². The summed E-state index contributed by atoms with van der Waals surface area (Å²) < 4.78 is 13.0. The molecule has 0 aliphatic heterocycles. The topological polar surface area (TPSA) is 61.8 Å². The minimum atomic E-state index is -0.374. The normalized spacial score (nSPS) is 11.0. The smallest absolute Gasteiger partial charge is 0.178 e. The molecule has 0 aliphatic carbocycles. The lowest BCUT2D eigenvalue weighted by Gasteiger charge is -1.94. The van der Waals surface area contributed by atoms with Crippen LogP contribution in [0.25, 0.3) is 11.2 Å². The standard InChI is InChI=1S/C8H8FN3O/c1-4-5(9)2-10-8-7(4)11-6(3-13)12-8/h2,13H,3H2,1H3,(H,10,11,12). The molecule has 0 saturated carbocycles. The highest BCUT2D eigenvalue weighted by Crippen LogP contribution is 2.15. The fourth-order valence-electron chi connectivity index (χ4n) is 1.18. The predicted molar refractivity (Wildman–Crippen MR) is 44.5 cm³/mol. The quantitative estimate of drug-likeness (QED) is 0.687. The van der Waals surface area contributed by atoms with Crippen molar-refractivity contribution in [3.63, 3.8) is 0 Å². The van der Waals surface area contributed by atoms with E-state index in [1.165, 1.54) is 0 Å². The van der Waals surface area contributed by atoms with Gasteiger partial charge in [0.1, 0.15) is 18.2 Å². The first kappa shape index (κ1) is 8.12. The summed E-state index contributed by atoms with van der Waals surface area (Å²) in [7, 11) is 0. The zero-order chi connectivity index (χ0) is 9.42. The van der Waals surface area contributed by atoms with Crippen LogP contribution < -0.4 is 0 Å². The molecule has 2 aromatic rings. The molecular formula is C8H8FN3O. The summed E-state index contributed by atoms with van der Waals surface area (Å²) in [6.45, 7) is 1.44. The number of pyridine rings is 1. The number of fused-ring (bicyclic) bond motifs is 1. The average molecular weight is 181 g/mol. The molecule has 4 nitrogen and oxygen atoms in total. The number of nitrogens with one attached hydrogen (secondary N) is 1. The molecule has 2 heterocycles. The van der Waals surface area contributed by atoms with E-state index in [1.807, 2.05) is 0 Å². The Bertz CT molecular complexity index is 452. The minimum absolute atomic E-state index is 0.197. The van der Waals surface area contributed by atoms with E-state index in [9.17, 15) is 4.39 Å². The maximum Gasteiger partial charge on any atom is 0.178 e. The number of aromatic amines is 1. The van der Waals surface area contributed by atoms with Gasteiger partial charge in [-0.15, -0.1) is 0 Å². The van der Waals surface area contributed by atoms with Gasteiger partial charge < -0.3 is 10.1 Å². The SMILES string of the molecule is Cc1c(F)cnc2nc(CO)[nH]c12. The molecule has 0 amide bonds. The number of aliphatic hydroxyl groups is 1. The van der Waals surface area contributed by atoms with Crippen LogP contribution in [0.3, 0.4) is 0 Å². The number of rotatable bonds is 1. The predicted octanol–water partition coefficient (Wildman–Crippen LogP) is 0.898. The zero-order valence-electron chi connectivity index (χ0n) is 7.00. The second-order valence-electron chi connectivity index (χ2n) is 2.77. The van der Waals surface area contributed by atoms with Gasteiger partial charge in [0.25, 0.3) is 0 Å². The monoisotopic (exact) mass is 181 g/mol. The number of aliphatic hydroxyl groups excluding tert-OH is 1. The molecule has 0 aromatic carbocycles. The van der Waals surface area contributed by atoms with Crippen LogP contribution in [-0.2, 0) is 6.61 Å². The van der Waals surface area contributed by atoms with Crippen LogP contribution in [0.2, 0.25) is 0 Å². The number of H-pyrrole nitrogens is 1. The first-order chi connectivity index (χ1) is 6.22. The lowest BCUT2D eigenvalue weighted by atomic mass is 10.2. The van der Waals surface area contributed by atoms with Crippen molar-refractivity contribution in [2.24, 2.45) is 0 Å². The summed E-state index contributed by atoms with van der Waals surface area (Å²) in [4.78, 5) is 10.5. The summed E-state index contributed by atoms with van der Waals surface area (Å²) in [6.07, 6.45) is 1.12. The Labute approximate surface area is 73.5 Å². The highest BCUT2D eigenvalue weighted by Gasteiger charge is 2.08. The van der Waals surface area contributed by atoms with Gasteiger partial charge in [0.15, 0.2) is 5.65 Å². The van der Waals surface area contributed by atoms with Crippen LogP contribution >= 0.6 is 0 Å². The Morgan fingerprint density at radius 3 is 3.08 bits per heavy atom. The molecule has 2 rings (SSSR count). The number of nitrogens with zero attached hydrogens (tertiary/aromatic N) is 2. The van der Waals surface area contributed by atoms with Crippen LogP contribution in [0.15, 0.2) is 6.20 Å². The van der Waals surface area contributed by atoms with Crippen LogP contribution in [0.5, 0.6) is 0 Å². The van der Waals surface area contributed by atoms with E-state index in [4.69, 9.17) is 5.11 Å². The summed E-state index contributed by atoms with van der Waals surface area (Å²) in [6, 6.07) is 0. The van der Waals surface area contributed by atoms with Gasteiger partial charge in [0.05, 0.1) is 11.7 Å². The zero-order valence-corrected chi connectivity index (χ0v) is 7.00. The van der Waals surface area contributed by atoms with Crippen molar-refractivity contribution in [3.05, 3.63) is 23.4 Å². The number of hydrogen-bond acceptors (Lipinski definition) is 3. The second-order valence-corrected chi connectivity index (χ2v) is 2.77. The number of halogens is 1. The number of hydrogen-bond donors (Lipinski definition) is 2. The maximum absolute atomic E-state index is 13.0. The van der Waals surface area contributed by atoms with Gasteiger partial charge in [0, 0.05) is 5.56 Å². The van der Waals surface area contributed by atoms with Gasteiger partial charge in [-0.25, -0.2) is 14.4 Å². The minimum Gasteiger partial charge on any atom is -0.388 e. The molecule has 0 fully saturated rings. The van der Waals surface area contributed by atoms with Crippen molar-refractivity contribution < 1.29 is 9.50 Å². The third kappa shape index (κ3) is 1.17. The molecule has 0 unspecified atom stereocenters. The Hall–Kier alpha value is -1.49. The van der Waals surface area contributed by atoms with Crippen LogP contribution in [-0.4, -0.2) is 20.1 Å². The van der Waals surface area contributed by atoms with Gasteiger partial charge in [-0.2, -0.15) is 0 Å². The molecule has 0 bridgehead atoms. The Morgan fingerprint density at radius 1 is 1.62 bits per heavy atom. The molecule has 0 atom stereocenters. The van der Waals surface area contributed by atoms with E-state index in [-0.39, 0.29) is 12.4 Å².